The second kappa shape index (κ2) is 14.5. The molecule has 246 valence electrons. The number of carbonyl (C=O) groups excluding carboxylic acids is 5. The molecule has 1 fully saturated rings. The van der Waals surface area contributed by atoms with Crippen LogP contribution in [0.3, 0.4) is 0 Å². The molecule has 2 aliphatic heterocycles. The summed E-state index contributed by atoms with van der Waals surface area (Å²) in [7, 11) is -1.86. The zero-order chi connectivity index (χ0) is 33.7. The summed E-state index contributed by atoms with van der Waals surface area (Å²) in [6.07, 6.45) is -1.27. The number of nitrogens with zero attached hydrogens (tertiary/aromatic N) is 2. The number of fused-ring (bicyclic) bond motifs is 1. The molecule has 1 aromatic rings. The van der Waals surface area contributed by atoms with Gasteiger partial charge in [-0.05, 0) is 45.4 Å². The van der Waals surface area contributed by atoms with Crippen LogP contribution >= 0.6 is 11.8 Å². The van der Waals surface area contributed by atoms with Crippen molar-refractivity contribution in [2.75, 3.05) is 33.2 Å². The van der Waals surface area contributed by atoms with Gasteiger partial charge in [0.25, 0.3) is 21.9 Å². The highest BCUT2D eigenvalue weighted by Crippen LogP contribution is 2.41. The number of methoxy groups -OCH3 is 1. The lowest BCUT2D eigenvalue weighted by Gasteiger charge is -2.49. The van der Waals surface area contributed by atoms with E-state index in [0.29, 0.717) is 5.57 Å². The summed E-state index contributed by atoms with van der Waals surface area (Å²) in [6, 6.07) is 4.51. The number of aryl methyl sites for hydroxylation is 1. The van der Waals surface area contributed by atoms with Crippen LogP contribution < -0.4 is 5.32 Å². The third-order valence-corrected chi connectivity index (χ3v) is 8.94. The number of ether oxygens (including phenoxy) is 3. The first-order valence-electron chi connectivity index (χ1n) is 13.5. The van der Waals surface area contributed by atoms with E-state index in [9.17, 15) is 32.4 Å². The van der Waals surface area contributed by atoms with Crippen LogP contribution in [-0.4, -0.2) is 99.5 Å². The number of thioether (sulfide) groups is 1. The van der Waals surface area contributed by atoms with Gasteiger partial charge in [-0.2, -0.15) is 8.42 Å². The number of amides is 2. The quantitative estimate of drug-likeness (QED) is 0.0596. The highest BCUT2D eigenvalue weighted by Gasteiger charge is 2.55. The Morgan fingerprint density at radius 2 is 1.76 bits per heavy atom. The molecule has 2 amide bonds. The summed E-state index contributed by atoms with van der Waals surface area (Å²) in [5.74, 6) is -4.29. The summed E-state index contributed by atoms with van der Waals surface area (Å²) >= 11 is 1.21. The lowest BCUT2D eigenvalue weighted by Crippen LogP contribution is -2.71. The fourth-order valence-electron chi connectivity index (χ4n) is 4.01. The van der Waals surface area contributed by atoms with Crippen LogP contribution in [0.15, 0.2) is 45.6 Å². The molecule has 2 heterocycles. The van der Waals surface area contributed by atoms with Gasteiger partial charge in [-0.25, -0.2) is 4.79 Å². The fourth-order valence-corrected chi connectivity index (χ4v) is 6.20. The lowest BCUT2D eigenvalue weighted by molar-refractivity contribution is -0.190. The molecule has 2 aliphatic rings. The largest absolute Gasteiger partial charge is 0.425 e. The molecule has 3 atom stereocenters. The minimum atomic E-state index is -4.33. The molecule has 1 N–H and O–H groups in total. The molecule has 1 saturated heterocycles. The van der Waals surface area contributed by atoms with E-state index < -0.39 is 75.1 Å². The summed E-state index contributed by atoms with van der Waals surface area (Å²) in [5.41, 5.74) is -0.567. The molecule has 0 bridgehead atoms. The maximum absolute atomic E-state index is 13.2. The van der Waals surface area contributed by atoms with Gasteiger partial charge in [-0.3, -0.25) is 28.3 Å². The van der Waals surface area contributed by atoms with Crippen molar-refractivity contribution >= 4 is 57.1 Å². The zero-order valence-electron chi connectivity index (χ0n) is 25.8. The van der Waals surface area contributed by atoms with Gasteiger partial charge in [-0.15, -0.1) is 11.8 Å². The topological polar surface area (TPSA) is 193 Å². The maximum Gasteiger partial charge on any atom is 0.358 e. The van der Waals surface area contributed by atoms with Crippen molar-refractivity contribution in [1.29, 1.82) is 0 Å². The molecule has 45 heavy (non-hydrogen) atoms. The maximum atomic E-state index is 13.2. The van der Waals surface area contributed by atoms with E-state index in [1.807, 2.05) is 0 Å². The Bertz CT molecular complexity index is 1510. The van der Waals surface area contributed by atoms with Gasteiger partial charge in [0.05, 0.1) is 16.9 Å². The minimum Gasteiger partial charge on any atom is -0.425 e. The Labute approximate surface area is 264 Å². The number of hydrogen-bond donors (Lipinski definition) is 1. The molecular formula is C28H35N3O12S2. The molecule has 17 heteroatoms. The van der Waals surface area contributed by atoms with Crippen LogP contribution in [-0.2, 0) is 57.3 Å². The predicted molar refractivity (Wildman–Crippen MR) is 159 cm³/mol. The molecule has 1 aromatic carbocycles. The first-order chi connectivity index (χ1) is 21.0. The van der Waals surface area contributed by atoms with Gasteiger partial charge in [0.2, 0.25) is 17.8 Å². The first kappa shape index (κ1) is 35.7. The number of hydrogen-bond acceptors (Lipinski definition) is 14. The van der Waals surface area contributed by atoms with Crippen molar-refractivity contribution in [1.82, 2.24) is 10.2 Å². The second-order valence-electron chi connectivity index (χ2n) is 10.9. The van der Waals surface area contributed by atoms with Gasteiger partial charge < -0.3 is 24.4 Å². The van der Waals surface area contributed by atoms with E-state index in [1.165, 1.54) is 37.9 Å². The van der Waals surface area contributed by atoms with Crippen molar-refractivity contribution in [3.63, 3.8) is 0 Å². The number of nitrogens with one attached hydrogen (secondary N) is 1. The van der Waals surface area contributed by atoms with Crippen molar-refractivity contribution < 1.29 is 55.6 Å². The van der Waals surface area contributed by atoms with E-state index in [-0.39, 0.29) is 23.0 Å². The predicted octanol–water partition coefficient (Wildman–Crippen LogP) is 1.05. The Balaban J connectivity index is 1.71. The molecule has 0 aromatic heterocycles. The average Bonchev–Trinajstić information content (AvgIpc) is 2.96. The number of oxime groups is 1. The number of Topliss-reactive ketones (excluding diaryl/α,β-unsaturated/α-hetero) is 1. The third-order valence-electron chi connectivity index (χ3n) is 6.32. The molecule has 0 aliphatic carbocycles. The number of esters is 2. The van der Waals surface area contributed by atoms with E-state index in [4.69, 9.17) is 18.4 Å². The van der Waals surface area contributed by atoms with Gasteiger partial charge >= 0.3 is 11.9 Å². The molecular weight excluding hydrogens is 634 g/mol. The Kier molecular flexibility index (Phi) is 11.5. The summed E-state index contributed by atoms with van der Waals surface area (Å²) in [6.45, 7) is 6.95. The van der Waals surface area contributed by atoms with Crippen molar-refractivity contribution in [2.24, 2.45) is 10.6 Å². The summed E-state index contributed by atoms with van der Waals surface area (Å²) in [4.78, 5) is 70.0. The van der Waals surface area contributed by atoms with Gasteiger partial charge in [0, 0.05) is 19.8 Å². The highest BCUT2D eigenvalue weighted by atomic mass is 32.2. The van der Waals surface area contributed by atoms with Crippen molar-refractivity contribution in [3.05, 3.63) is 41.1 Å². The van der Waals surface area contributed by atoms with Crippen LogP contribution in [0, 0.1) is 12.3 Å². The molecule has 0 saturated carbocycles. The third kappa shape index (κ3) is 8.47. The zero-order valence-corrected chi connectivity index (χ0v) is 27.4. The molecule has 15 nitrogen and oxygen atoms in total. The minimum absolute atomic E-state index is 0.00817. The smallest absolute Gasteiger partial charge is 0.358 e. The number of carbonyl (C=O) groups is 5. The molecule has 2 unspecified atom stereocenters. The Morgan fingerprint density at radius 1 is 1.11 bits per heavy atom. The number of ketones is 1. The van der Waals surface area contributed by atoms with Gasteiger partial charge in [0.15, 0.2) is 0 Å². The normalized spacial score (nSPS) is 19.2. The monoisotopic (exact) mass is 669 g/mol. The van der Waals surface area contributed by atoms with Crippen LogP contribution in [0.25, 0.3) is 0 Å². The Hall–Kier alpha value is -3.80. The van der Waals surface area contributed by atoms with E-state index in [0.717, 1.165) is 17.6 Å². The van der Waals surface area contributed by atoms with Crippen LogP contribution in [0.5, 0.6) is 0 Å². The fraction of sp³-hybridized carbons (Fsp3) is 0.500. The second-order valence-corrected chi connectivity index (χ2v) is 13.7. The van der Waals surface area contributed by atoms with Crippen LogP contribution in [0.4, 0.5) is 0 Å². The molecule has 3 rings (SSSR count). The Morgan fingerprint density at radius 3 is 2.33 bits per heavy atom. The number of β-lactam (4-membered cyclic amide) rings is 1. The van der Waals surface area contributed by atoms with Crippen molar-refractivity contribution in [3.8, 4) is 0 Å². The highest BCUT2D eigenvalue weighted by molar-refractivity contribution is 8.00. The van der Waals surface area contributed by atoms with Crippen LogP contribution in [0.2, 0.25) is 0 Å². The van der Waals surface area contributed by atoms with Crippen molar-refractivity contribution in [2.45, 2.75) is 57.2 Å². The van der Waals surface area contributed by atoms with Crippen LogP contribution in [0.1, 0.15) is 33.3 Å². The summed E-state index contributed by atoms with van der Waals surface area (Å²) in [5, 5.41) is 5.02. The van der Waals surface area contributed by atoms with E-state index in [2.05, 4.69) is 15.3 Å². The summed E-state index contributed by atoms with van der Waals surface area (Å²) < 4.78 is 45.5. The average molecular weight is 670 g/mol. The lowest BCUT2D eigenvalue weighted by atomic mass is 9.97. The van der Waals surface area contributed by atoms with E-state index >= 15 is 0 Å². The molecule has 0 radical (unpaired) electrons. The number of rotatable bonds is 13. The molecule has 0 spiro atoms. The van der Waals surface area contributed by atoms with E-state index in [1.54, 1.807) is 39.8 Å². The number of benzene rings is 1. The SMILES string of the molecule is COCC1=C(C(=O)OC(C)OC(=O)C(C)(C)C)N2C(=O)C(NC(=O)C(=NOC)C(=O)COS(=O)(=O)c3ccc(C)cc3)[C@H]2SC1. The first-order valence-corrected chi connectivity index (χ1v) is 16.0. The van der Waals surface area contributed by atoms with Gasteiger partial charge in [0.1, 0.15) is 30.8 Å². The van der Waals surface area contributed by atoms with Gasteiger partial charge in [-0.1, -0.05) is 22.9 Å². The standard InChI is InChI=1S/C28H35N3O12S2/c1-15-8-10-18(11-9-15)45(37,38)41-13-19(32)20(30-40-7)23(33)29-21-24(34)31-22(17(12-39-6)14-44-25(21)31)26(35)42-16(2)43-27(36)28(3,4)5/h8-11,16,21,25H,12-14H2,1-7H3,(H,29,33)/t16?,21?,25-/m1/s1.